The van der Waals surface area contributed by atoms with E-state index in [1.807, 2.05) is 20.2 Å². The highest BCUT2D eigenvalue weighted by molar-refractivity contribution is 6.00. The largest absolute Gasteiger partial charge is 0.387 e. The third-order valence-corrected chi connectivity index (χ3v) is 5.57. The number of aromatic nitrogens is 5. The van der Waals surface area contributed by atoms with Crippen LogP contribution in [0.2, 0.25) is 0 Å². The Morgan fingerprint density at radius 1 is 1.19 bits per heavy atom. The molecule has 4 rings (SSSR count). The molecule has 0 radical (unpaired) electrons. The average Bonchev–Trinajstić information content (AvgIpc) is 3.30. The summed E-state index contributed by atoms with van der Waals surface area (Å²) in [7, 11) is 3.64. The van der Waals surface area contributed by atoms with E-state index in [1.165, 1.54) is 26.2 Å². The molecule has 3 N–H and O–H groups in total. The molecule has 0 aromatic carbocycles. The van der Waals surface area contributed by atoms with Gasteiger partial charge in [0, 0.05) is 20.3 Å². The molecule has 190 valence electrons. The van der Waals surface area contributed by atoms with Crippen LogP contribution in [0.5, 0.6) is 0 Å². The van der Waals surface area contributed by atoms with Crippen molar-refractivity contribution in [2.75, 3.05) is 30.9 Å². The standard InChI is InChI=1S/C25H26FN9O2/c1-25(2,37)22(26)14-29-23(36)18-13-28-20(21-6-5-17-7-15(9-27)10-32-35(17)21)8-19(18)33-16-11-30-24(31-12-16)34(3)4/h5-8,10-13,22,37H,14H2,1-4H3,(H,28,33)(H,29,36)/t22-/m1/s1. The molecule has 1 amide bonds. The summed E-state index contributed by atoms with van der Waals surface area (Å²) in [6, 6.07) is 9.05. The van der Waals surface area contributed by atoms with Crippen LogP contribution in [0, 0.1) is 11.3 Å². The van der Waals surface area contributed by atoms with E-state index in [2.05, 4.69) is 36.8 Å². The van der Waals surface area contributed by atoms with Gasteiger partial charge in [-0.1, -0.05) is 0 Å². The van der Waals surface area contributed by atoms with E-state index in [4.69, 9.17) is 5.26 Å². The number of carbonyl (C=O) groups is 1. The number of pyridine rings is 1. The van der Waals surface area contributed by atoms with Crippen LogP contribution in [0.15, 0.2) is 49.1 Å². The Labute approximate surface area is 212 Å². The van der Waals surface area contributed by atoms with Crippen LogP contribution in [-0.2, 0) is 0 Å². The number of hydrogen-bond donors (Lipinski definition) is 3. The maximum atomic E-state index is 14.2. The van der Waals surface area contributed by atoms with Crippen LogP contribution in [0.25, 0.3) is 16.9 Å². The zero-order chi connectivity index (χ0) is 26.7. The smallest absolute Gasteiger partial charge is 0.255 e. The van der Waals surface area contributed by atoms with Crippen molar-refractivity contribution in [2.24, 2.45) is 0 Å². The normalized spacial score (nSPS) is 12.1. The summed E-state index contributed by atoms with van der Waals surface area (Å²) in [5, 5.41) is 29.0. The van der Waals surface area contributed by atoms with Gasteiger partial charge < -0.3 is 20.6 Å². The van der Waals surface area contributed by atoms with Crippen molar-refractivity contribution in [1.82, 2.24) is 29.9 Å². The minimum atomic E-state index is -1.66. The van der Waals surface area contributed by atoms with Crippen LogP contribution in [0.1, 0.15) is 29.8 Å². The highest BCUT2D eigenvalue weighted by Crippen LogP contribution is 2.27. The van der Waals surface area contributed by atoms with Gasteiger partial charge in [0.2, 0.25) is 5.95 Å². The van der Waals surface area contributed by atoms with Gasteiger partial charge >= 0.3 is 0 Å². The van der Waals surface area contributed by atoms with Crippen LogP contribution in [-0.4, -0.2) is 68.0 Å². The molecule has 11 nitrogen and oxygen atoms in total. The minimum Gasteiger partial charge on any atom is -0.387 e. The second-order valence-electron chi connectivity index (χ2n) is 9.15. The number of hydrogen-bond acceptors (Lipinski definition) is 9. The first-order chi connectivity index (χ1) is 17.6. The number of nitrogens with one attached hydrogen (secondary N) is 2. The maximum Gasteiger partial charge on any atom is 0.255 e. The van der Waals surface area contributed by atoms with Crippen molar-refractivity contribution in [3.63, 3.8) is 0 Å². The lowest BCUT2D eigenvalue weighted by molar-refractivity contribution is -0.00177. The number of halogens is 1. The fourth-order valence-electron chi connectivity index (χ4n) is 3.43. The average molecular weight is 504 g/mol. The SMILES string of the molecule is CN(C)c1ncc(Nc2cc(-c3ccc4cc(C#N)cnn34)ncc2C(=O)NC[C@@H](F)C(C)(C)O)cn1. The van der Waals surface area contributed by atoms with Gasteiger partial charge in [-0.25, -0.2) is 18.9 Å². The molecule has 4 heterocycles. The molecule has 1 atom stereocenters. The first-order valence-corrected chi connectivity index (χ1v) is 11.4. The number of anilines is 3. The molecule has 0 bridgehead atoms. The topological polar surface area (TPSA) is 144 Å². The van der Waals surface area contributed by atoms with Gasteiger partial charge in [0.1, 0.15) is 12.2 Å². The summed E-state index contributed by atoms with van der Waals surface area (Å²) in [5.41, 5.74) is 1.74. The molecule has 0 aliphatic carbocycles. The molecule has 12 heteroatoms. The molecular formula is C25H26FN9O2. The van der Waals surface area contributed by atoms with Crippen LogP contribution in [0.4, 0.5) is 21.7 Å². The Kier molecular flexibility index (Phi) is 6.99. The van der Waals surface area contributed by atoms with Gasteiger partial charge in [-0.05, 0) is 38.1 Å². The molecule has 0 unspecified atom stereocenters. The van der Waals surface area contributed by atoms with Crippen LogP contribution >= 0.6 is 0 Å². The van der Waals surface area contributed by atoms with E-state index in [0.717, 1.165) is 0 Å². The highest BCUT2D eigenvalue weighted by atomic mass is 19.1. The molecule has 0 fully saturated rings. The fraction of sp³-hybridized carbons (Fsp3) is 0.280. The zero-order valence-electron chi connectivity index (χ0n) is 20.8. The first kappa shape index (κ1) is 25.5. The lowest BCUT2D eigenvalue weighted by Gasteiger charge is -2.22. The van der Waals surface area contributed by atoms with Gasteiger partial charge in [-0.3, -0.25) is 9.78 Å². The number of nitrogens with zero attached hydrogens (tertiary/aromatic N) is 7. The second-order valence-corrected chi connectivity index (χ2v) is 9.15. The monoisotopic (exact) mass is 503 g/mol. The Hall–Kier alpha value is -4.63. The summed E-state index contributed by atoms with van der Waals surface area (Å²) in [5.74, 6) is -0.0573. The third-order valence-electron chi connectivity index (χ3n) is 5.57. The fourth-order valence-corrected chi connectivity index (χ4v) is 3.43. The Morgan fingerprint density at radius 3 is 2.57 bits per heavy atom. The molecule has 0 aliphatic rings. The summed E-state index contributed by atoms with van der Waals surface area (Å²) < 4.78 is 15.9. The first-order valence-electron chi connectivity index (χ1n) is 11.4. The Balaban J connectivity index is 1.70. The maximum absolute atomic E-state index is 14.2. The summed E-state index contributed by atoms with van der Waals surface area (Å²) >= 11 is 0. The number of amides is 1. The molecule has 0 aliphatic heterocycles. The summed E-state index contributed by atoms with van der Waals surface area (Å²) in [4.78, 5) is 27.8. The van der Waals surface area contributed by atoms with Gasteiger partial charge in [0.25, 0.3) is 5.91 Å². The van der Waals surface area contributed by atoms with Gasteiger partial charge in [0.15, 0.2) is 0 Å². The van der Waals surface area contributed by atoms with Crippen molar-refractivity contribution in [2.45, 2.75) is 25.6 Å². The third kappa shape index (κ3) is 5.62. The summed E-state index contributed by atoms with van der Waals surface area (Å²) in [6.45, 7) is 2.29. The van der Waals surface area contributed by atoms with Gasteiger partial charge in [-0.2, -0.15) is 10.4 Å². The second kappa shape index (κ2) is 10.2. The van der Waals surface area contributed by atoms with E-state index < -0.39 is 17.7 Å². The van der Waals surface area contributed by atoms with Gasteiger partial charge in [-0.15, -0.1) is 0 Å². The highest BCUT2D eigenvalue weighted by Gasteiger charge is 2.27. The number of alkyl halides is 1. The Morgan fingerprint density at radius 2 is 1.92 bits per heavy atom. The Bertz CT molecular complexity index is 1470. The van der Waals surface area contributed by atoms with Crippen LogP contribution < -0.4 is 15.5 Å². The number of nitriles is 1. The lowest BCUT2D eigenvalue weighted by atomic mass is 10.0. The lowest BCUT2D eigenvalue weighted by Crippen LogP contribution is -2.42. The number of rotatable bonds is 8. The molecule has 0 saturated heterocycles. The van der Waals surface area contributed by atoms with Crippen molar-refractivity contribution < 1.29 is 14.3 Å². The van der Waals surface area contributed by atoms with E-state index >= 15 is 0 Å². The molecule has 4 aromatic rings. The zero-order valence-corrected chi connectivity index (χ0v) is 20.8. The molecule has 0 spiro atoms. The van der Waals surface area contributed by atoms with E-state index in [9.17, 15) is 14.3 Å². The number of carbonyl (C=O) groups excluding carboxylic acids is 1. The summed E-state index contributed by atoms with van der Waals surface area (Å²) in [6.07, 6.45) is 4.32. The quantitative estimate of drug-likeness (QED) is 0.330. The van der Waals surface area contributed by atoms with Gasteiger partial charge in [0.05, 0.1) is 70.1 Å². The number of fused-ring (bicyclic) bond motifs is 1. The molecular weight excluding hydrogens is 477 g/mol. The molecule has 37 heavy (non-hydrogen) atoms. The van der Waals surface area contributed by atoms with Crippen molar-refractivity contribution >= 4 is 28.7 Å². The minimum absolute atomic E-state index is 0.156. The van der Waals surface area contributed by atoms with E-state index in [1.54, 1.807) is 40.0 Å². The number of aliphatic hydroxyl groups is 1. The van der Waals surface area contributed by atoms with E-state index in [-0.39, 0.29) is 12.1 Å². The van der Waals surface area contributed by atoms with Crippen LogP contribution in [0.3, 0.4) is 0 Å². The molecule has 4 aromatic heterocycles. The van der Waals surface area contributed by atoms with Crippen molar-refractivity contribution in [1.29, 1.82) is 5.26 Å². The van der Waals surface area contributed by atoms with E-state index in [0.29, 0.717) is 39.8 Å². The molecule has 0 saturated carbocycles. The predicted octanol–water partition coefficient (Wildman–Crippen LogP) is 2.71. The predicted molar refractivity (Wildman–Crippen MR) is 136 cm³/mol. The van der Waals surface area contributed by atoms with Crippen molar-refractivity contribution in [3.8, 4) is 17.5 Å². The van der Waals surface area contributed by atoms with Crippen molar-refractivity contribution in [3.05, 3.63) is 60.2 Å².